The highest BCUT2D eigenvalue weighted by atomic mass is 35.5. The van der Waals surface area contributed by atoms with Gasteiger partial charge in [0.2, 0.25) is 0 Å². The molecule has 1 fully saturated rings. The van der Waals surface area contributed by atoms with E-state index in [-0.39, 0.29) is 40.0 Å². The van der Waals surface area contributed by atoms with Crippen molar-refractivity contribution in [2.24, 2.45) is 0 Å². The van der Waals surface area contributed by atoms with E-state index in [0.29, 0.717) is 10.5 Å². The maximum atomic E-state index is 13.0. The van der Waals surface area contributed by atoms with Crippen LogP contribution >= 0.6 is 11.6 Å². The number of urea groups is 1. The van der Waals surface area contributed by atoms with Gasteiger partial charge in [0.15, 0.2) is 11.5 Å². The molecule has 2 aromatic carbocycles. The number of nitrogens with zero attached hydrogens (tertiary/aromatic N) is 1. The van der Waals surface area contributed by atoms with Crippen molar-refractivity contribution in [3.8, 4) is 11.5 Å². The third kappa shape index (κ3) is 4.47. The van der Waals surface area contributed by atoms with Gasteiger partial charge in [-0.1, -0.05) is 36.4 Å². The molecule has 0 unspecified atom stereocenters. The zero-order valence-corrected chi connectivity index (χ0v) is 17.5. The number of halogens is 1. The minimum atomic E-state index is -1.41. The predicted molar refractivity (Wildman–Crippen MR) is 113 cm³/mol. The Balaban J connectivity index is 1.99. The summed E-state index contributed by atoms with van der Waals surface area (Å²) in [6, 6.07) is 6.86. The Bertz CT molecular complexity index is 1160. The summed E-state index contributed by atoms with van der Waals surface area (Å²) in [5, 5.41) is 13.2. The molecule has 164 valence electrons. The molecule has 0 atom stereocenters. The maximum absolute atomic E-state index is 13.0. The molecule has 32 heavy (non-hydrogen) atoms. The normalized spacial score (nSPS) is 14.9. The number of anilines is 1. The van der Waals surface area contributed by atoms with Gasteiger partial charge < -0.3 is 19.4 Å². The second-order valence-corrected chi connectivity index (χ2v) is 6.83. The van der Waals surface area contributed by atoms with Crippen LogP contribution in [0.1, 0.15) is 15.9 Å². The van der Waals surface area contributed by atoms with Crippen molar-refractivity contribution in [2.45, 2.75) is 0 Å². The number of hydrogen-bond donors (Lipinski definition) is 1. The van der Waals surface area contributed by atoms with Crippen molar-refractivity contribution in [1.29, 1.82) is 0 Å². The minimum Gasteiger partial charge on any atom is -0.545 e. The number of nitrogens with one attached hydrogen (secondary N) is 1. The van der Waals surface area contributed by atoms with Crippen LogP contribution < -0.4 is 24.8 Å². The van der Waals surface area contributed by atoms with E-state index in [1.807, 2.05) is 0 Å². The van der Waals surface area contributed by atoms with Gasteiger partial charge in [-0.2, -0.15) is 0 Å². The number of barbiturate groups is 1. The van der Waals surface area contributed by atoms with E-state index in [9.17, 15) is 24.3 Å². The fraction of sp³-hybridized carbons (Fsp3) is 0.0909. The molecule has 10 heteroatoms. The fourth-order valence-corrected chi connectivity index (χ4v) is 3.18. The van der Waals surface area contributed by atoms with Crippen molar-refractivity contribution >= 4 is 47.2 Å². The third-order valence-corrected chi connectivity index (χ3v) is 4.65. The van der Waals surface area contributed by atoms with Crippen LogP contribution in [0.4, 0.5) is 10.5 Å². The standard InChI is InChI=1S/C22H17ClN2O7/c1-3-8-32-18-16(23)10-12(11-17(18)31-2)9-15-19(26)24-22(30)25(20(15)27)14-6-4-13(5-7-14)21(28)29/h3-7,9-11H,1,8H2,2H3,(H,28,29)(H,24,26,30)/p-1/b15-9+. The number of carbonyl (C=O) groups excluding carboxylic acids is 4. The zero-order chi connectivity index (χ0) is 23.4. The Hall–Kier alpha value is -4.11. The van der Waals surface area contributed by atoms with E-state index in [1.54, 1.807) is 0 Å². The Morgan fingerprint density at radius 3 is 2.50 bits per heavy atom. The van der Waals surface area contributed by atoms with Gasteiger partial charge in [-0.3, -0.25) is 14.9 Å². The molecule has 1 aliphatic heterocycles. The zero-order valence-electron chi connectivity index (χ0n) is 16.7. The number of hydrogen-bond acceptors (Lipinski definition) is 7. The van der Waals surface area contributed by atoms with Gasteiger partial charge in [-0.15, -0.1) is 0 Å². The van der Waals surface area contributed by atoms with Crippen LogP contribution in [0.5, 0.6) is 11.5 Å². The summed E-state index contributed by atoms with van der Waals surface area (Å²) in [6.07, 6.45) is 2.78. The first kappa shape index (κ1) is 22.6. The van der Waals surface area contributed by atoms with Crippen LogP contribution in [-0.2, 0) is 9.59 Å². The van der Waals surface area contributed by atoms with E-state index >= 15 is 0 Å². The van der Waals surface area contributed by atoms with Crippen LogP contribution in [0.15, 0.2) is 54.6 Å². The SMILES string of the molecule is C=CCOc1c(Cl)cc(/C=C2\C(=O)NC(=O)N(c3ccc(C(=O)[O-])cc3)C2=O)cc1OC. The van der Waals surface area contributed by atoms with Gasteiger partial charge in [0.25, 0.3) is 11.8 Å². The number of rotatable bonds is 7. The topological polar surface area (TPSA) is 125 Å². The van der Waals surface area contributed by atoms with Crippen molar-refractivity contribution in [1.82, 2.24) is 5.32 Å². The molecule has 1 saturated heterocycles. The van der Waals surface area contributed by atoms with Crippen LogP contribution in [0.2, 0.25) is 5.02 Å². The molecular weight excluding hydrogens is 440 g/mol. The summed E-state index contributed by atoms with van der Waals surface area (Å²) >= 11 is 6.26. The Kier molecular flexibility index (Phi) is 6.60. The smallest absolute Gasteiger partial charge is 0.335 e. The van der Waals surface area contributed by atoms with E-state index in [4.69, 9.17) is 21.1 Å². The van der Waals surface area contributed by atoms with E-state index in [2.05, 4.69) is 11.9 Å². The van der Waals surface area contributed by atoms with Gasteiger partial charge in [-0.05, 0) is 41.5 Å². The first-order chi connectivity index (χ1) is 15.3. The predicted octanol–water partition coefficient (Wildman–Crippen LogP) is 1.94. The molecule has 0 spiro atoms. The monoisotopic (exact) mass is 455 g/mol. The lowest BCUT2D eigenvalue weighted by Crippen LogP contribution is -2.54. The summed E-state index contributed by atoms with van der Waals surface area (Å²) < 4.78 is 10.7. The van der Waals surface area contributed by atoms with Gasteiger partial charge in [0.1, 0.15) is 12.2 Å². The Labute approximate surface area is 187 Å². The molecule has 1 N–H and O–H groups in total. The highest BCUT2D eigenvalue weighted by molar-refractivity contribution is 6.39. The lowest BCUT2D eigenvalue weighted by Gasteiger charge is -2.26. The quantitative estimate of drug-likeness (QED) is 0.384. The molecule has 0 saturated carbocycles. The number of carbonyl (C=O) groups is 4. The van der Waals surface area contributed by atoms with Gasteiger partial charge in [0, 0.05) is 0 Å². The third-order valence-electron chi connectivity index (χ3n) is 4.37. The second-order valence-electron chi connectivity index (χ2n) is 6.43. The minimum absolute atomic E-state index is 0.0692. The molecule has 0 radical (unpaired) electrons. The van der Waals surface area contributed by atoms with Crippen LogP contribution in [0.3, 0.4) is 0 Å². The second kappa shape index (κ2) is 9.36. The molecule has 0 aliphatic carbocycles. The molecule has 2 aromatic rings. The summed E-state index contributed by atoms with van der Waals surface area (Å²) in [6.45, 7) is 3.75. The van der Waals surface area contributed by atoms with Crippen molar-refractivity contribution in [3.63, 3.8) is 0 Å². The van der Waals surface area contributed by atoms with Crippen molar-refractivity contribution < 1.29 is 33.8 Å². The lowest BCUT2D eigenvalue weighted by atomic mass is 10.1. The first-order valence-electron chi connectivity index (χ1n) is 9.11. The summed E-state index contributed by atoms with van der Waals surface area (Å²) in [5.41, 5.74) is -0.0602. The number of aromatic carboxylic acids is 1. The largest absolute Gasteiger partial charge is 0.545 e. The van der Waals surface area contributed by atoms with Crippen LogP contribution in [0, 0.1) is 0 Å². The van der Waals surface area contributed by atoms with Crippen molar-refractivity contribution in [3.05, 3.63) is 70.8 Å². The van der Waals surface area contributed by atoms with Gasteiger partial charge in [-0.25, -0.2) is 9.69 Å². The number of carboxylic acid groups (broad SMARTS) is 1. The van der Waals surface area contributed by atoms with Crippen molar-refractivity contribution in [2.75, 3.05) is 18.6 Å². The average Bonchev–Trinajstić information content (AvgIpc) is 2.75. The molecule has 1 heterocycles. The van der Waals surface area contributed by atoms with E-state index in [1.165, 1.54) is 55.7 Å². The van der Waals surface area contributed by atoms with E-state index in [0.717, 1.165) is 0 Å². The number of amides is 4. The lowest BCUT2D eigenvalue weighted by molar-refractivity contribution is -0.255. The molecule has 9 nitrogen and oxygen atoms in total. The summed E-state index contributed by atoms with van der Waals surface area (Å²) in [5.74, 6) is -2.68. The Morgan fingerprint density at radius 2 is 1.91 bits per heavy atom. The highest BCUT2D eigenvalue weighted by Gasteiger charge is 2.36. The molecular formula is C22H16ClN2O7-. The van der Waals surface area contributed by atoms with Gasteiger partial charge in [0.05, 0.1) is 23.8 Å². The maximum Gasteiger partial charge on any atom is 0.335 e. The molecule has 4 amide bonds. The highest BCUT2D eigenvalue weighted by Crippen LogP contribution is 2.37. The van der Waals surface area contributed by atoms with Crippen LogP contribution in [0.25, 0.3) is 6.08 Å². The molecule has 1 aliphatic rings. The molecule has 0 bridgehead atoms. The average molecular weight is 456 g/mol. The molecule has 0 aromatic heterocycles. The number of methoxy groups -OCH3 is 1. The number of imide groups is 2. The summed E-state index contributed by atoms with van der Waals surface area (Å²) in [7, 11) is 1.40. The Morgan fingerprint density at radius 1 is 1.22 bits per heavy atom. The number of ether oxygens (including phenoxy) is 2. The van der Waals surface area contributed by atoms with E-state index < -0.39 is 23.8 Å². The fourth-order valence-electron chi connectivity index (χ4n) is 2.91. The first-order valence-corrected chi connectivity index (χ1v) is 9.48. The number of carboxylic acids is 1. The van der Waals surface area contributed by atoms with Crippen LogP contribution in [-0.4, -0.2) is 37.5 Å². The number of benzene rings is 2. The van der Waals surface area contributed by atoms with Gasteiger partial charge >= 0.3 is 6.03 Å². The molecule has 3 rings (SSSR count). The summed E-state index contributed by atoms with van der Waals surface area (Å²) in [4.78, 5) is 49.2.